The number of hydrogen-bond acceptors (Lipinski definition) is 4. The molecule has 1 heterocycles. The van der Waals surface area contributed by atoms with Crippen molar-refractivity contribution in [3.8, 4) is 0 Å². The second-order valence-electron chi connectivity index (χ2n) is 6.09. The van der Waals surface area contributed by atoms with Crippen LogP contribution in [-0.4, -0.2) is 29.4 Å². The largest absolute Gasteiger partial charge is 0.348 e. The minimum atomic E-state index is -0.0814. The Hall–Kier alpha value is -1.95. The average Bonchev–Trinajstić information content (AvgIpc) is 2.96. The fraction of sp³-hybridized carbons (Fsp3) is 0.263. The third-order valence-electron chi connectivity index (χ3n) is 3.88. The Kier molecular flexibility index (Phi) is 5.68. The fourth-order valence-electron chi connectivity index (χ4n) is 2.67. The molecule has 1 amide bonds. The smallest absolute Gasteiger partial charge is 0.234 e. The number of carbonyl (C=O) groups is 1. The van der Waals surface area contributed by atoms with Crippen molar-refractivity contribution >= 4 is 39.1 Å². The zero-order valence-electron chi connectivity index (χ0n) is 14.2. The predicted octanol–water partition coefficient (Wildman–Crippen LogP) is 4.26. The number of likely N-dealkylation sites (N-methyl/N-ethyl adjacent to an activating group) is 1. The first-order valence-electron chi connectivity index (χ1n) is 8.09. The molecule has 0 radical (unpaired) electrons. The number of hydrogen-bond donors (Lipinski definition) is 1. The molecule has 1 atom stereocenters. The molecule has 0 unspecified atom stereocenters. The van der Waals surface area contributed by atoms with Gasteiger partial charge in [0.2, 0.25) is 5.91 Å². The molecule has 130 valence electrons. The Morgan fingerprint density at radius 1 is 1.28 bits per heavy atom. The van der Waals surface area contributed by atoms with Crippen molar-refractivity contribution in [3.63, 3.8) is 0 Å². The number of halogens is 1. The highest BCUT2D eigenvalue weighted by atomic mass is 35.5. The minimum Gasteiger partial charge on any atom is -0.348 e. The molecular formula is C19H20ClN3OS. The summed E-state index contributed by atoms with van der Waals surface area (Å²) in [7, 11) is 1.93. The van der Waals surface area contributed by atoms with Crippen molar-refractivity contribution in [2.75, 3.05) is 13.6 Å². The summed E-state index contributed by atoms with van der Waals surface area (Å²) in [5.74, 6) is -0.0175. The van der Waals surface area contributed by atoms with Crippen molar-refractivity contribution in [2.45, 2.75) is 19.5 Å². The molecule has 4 nitrogen and oxygen atoms in total. The van der Waals surface area contributed by atoms with Gasteiger partial charge in [-0.25, -0.2) is 4.98 Å². The molecule has 25 heavy (non-hydrogen) atoms. The lowest BCUT2D eigenvalue weighted by molar-refractivity contribution is -0.122. The summed E-state index contributed by atoms with van der Waals surface area (Å²) in [6.45, 7) is 2.93. The quantitative estimate of drug-likeness (QED) is 0.702. The van der Waals surface area contributed by atoms with Gasteiger partial charge in [0.25, 0.3) is 0 Å². The number of para-hydroxylation sites is 1. The van der Waals surface area contributed by atoms with Crippen molar-refractivity contribution in [1.82, 2.24) is 15.2 Å². The fourth-order valence-corrected chi connectivity index (χ4v) is 3.91. The van der Waals surface area contributed by atoms with Gasteiger partial charge in [0.05, 0.1) is 29.3 Å². The van der Waals surface area contributed by atoms with Crippen LogP contribution < -0.4 is 5.32 Å². The van der Waals surface area contributed by atoms with Crippen LogP contribution in [0.3, 0.4) is 0 Å². The van der Waals surface area contributed by atoms with Gasteiger partial charge in [0.1, 0.15) is 5.01 Å². The van der Waals surface area contributed by atoms with Gasteiger partial charge >= 0.3 is 0 Å². The van der Waals surface area contributed by atoms with E-state index in [0.717, 1.165) is 16.1 Å². The molecule has 0 saturated heterocycles. The summed E-state index contributed by atoms with van der Waals surface area (Å²) < 4.78 is 1.17. The Morgan fingerprint density at radius 3 is 2.84 bits per heavy atom. The van der Waals surface area contributed by atoms with Gasteiger partial charge in [0, 0.05) is 5.02 Å². The topological polar surface area (TPSA) is 45.2 Å². The molecule has 3 aromatic rings. The van der Waals surface area contributed by atoms with Crippen LogP contribution in [0, 0.1) is 0 Å². The second-order valence-corrected chi connectivity index (χ2v) is 7.64. The average molecular weight is 374 g/mol. The lowest BCUT2D eigenvalue weighted by Gasteiger charge is -2.18. The van der Waals surface area contributed by atoms with Crippen LogP contribution in [0.15, 0.2) is 48.5 Å². The molecule has 0 bridgehead atoms. The van der Waals surface area contributed by atoms with Crippen LogP contribution >= 0.6 is 22.9 Å². The van der Waals surface area contributed by atoms with Crippen LogP contribution in [0.5, 0.6) is 0 Å². The standard InChI is InChI=1S/C19H20ClN3OS/c1-13(14-6-5-7-15(20)10-14)21-18(24)11-23(2)12-19-22-16-8-3-4-9-17(16)25-19/h3-10,13H,11-12H2,1-2H3,(H,21,24)/t13-/m0/s1. The van der Waals surface area contributed by atoms with Gasteiger partial charge in [-0.1, -0.05) is 35.9 Å². The van der Waals surface area contributed by atoms with Crippen molar-refractivity contribution in [2.24, 2.45) is 0 Å². The summed E-state index contributed by atoms with van der Waals surface area (Å²) in [4.78, 5) is 18.9. The van der Waals surface area contributed by atoms with E-state index in [9.17, 15) is 4.79 Å². The van der Waals surface area contributed by atoms with Gasteiger partial charge in [-0.2, -0.15) is 0 Å². The van der Waals surface area contributed by atoms with Crippen molar-refractivity contribution < 1.29 is 4.79 Å². The van der Waals surface area contributed by atoms with Gasteiger partial charge in [-0.3, -0.25) is 9.69 Å². The van der Waals surface area contributed by atoms with Gasteiger partial charge in [0.15, 0.2) is 0 Å². The molecule has 0 aliphatic heterocycles. The summed E-state index contributed by atoms with van der Waals surface area (Å²) in [5.41, 5.74) is 2.00. The predicted molar refractivity (Wildman–Crippen MR) is 104 cm³/mol. The lowest BCUT2D eigenvalue weighted by atomic mass is 10.1. The highest BCUT2D eigenvalue weighted by molar-refractivity contribution is 7.18. The van der Waals surface area contributed by atoms with E-state index in [1.165, 1.54) is 4.70 Å². The maximum absolute atomic E-state index is 12.3. The molecule has 6 heteroatoms. The summed E-state index contributed by atoms with van der Waals surface area (Å²) >= 11 is 7.67. The van der Waals surface area contributed by atoms with E-state index >= 15 is 0 Å². The monoisotopic (exact) mass is 373 g/mol. The molecule has 0 aliphatic carbocycles. The first-order chi connectivity index (χ1) is 12.0. The highest BCUT2D eigenvalue weighted by Crippen LogP contribution is 2.22. The molecule has 0 aliphatic rings. The first kappa shape index (κ1) is 17.9. The highest BCUT2D eigenvalue weighted by Gasteiger charge is 2.13. The van der Waals surface area contributed by atoms with Crippen LogP contribution in [0.2, 0.25) is 5.02 Å². The van der Waals surface area contributed by atoms with E-state index in [-0.39, 0.29) is 11.9 Å². The second kappa shape index (κ2) is 7.95. The number of thiazole rings is 1. The van der Waals surface area contributed by atoms with Crippen LogP contribution in [0.4, 0.5) is 0 Å². The number of benzene rings is 2. The van der Waals surface area contributed by atoms with Crippen LogP contribution in [0.25, 0.3) is 10.2 Å². The number of nitrogens with one attached hydrogen (secondary N) is 1. The maximum Gasteiger partial charge on any atom is 0.234 e. The molecule has 1 N–H and O–H groups in total. The van der Waals surface area contributed by atoms with E-state index in [2.05, 4.69) is 16.4 Å². The lowest BCUT2D eigenvalue weighted by Crippen LogP contribution is -2.36. The van der Waals surface area contributed by atoms with Gasteiger partial charge < -0.3 is 5.32 Å². The van der Waals surface area contributed by atoms with Crippen molar-refractivity contribution in [1.29, 1.82) is 0 Å². The Bertz CT molecular complexity index is 847. The third kappa shape index (κ3) is 4.78. The molecule has 3 rings (SSSR count). The number of carbonyl (C=O) groups excluding carboxylic acids is 1. The van der Waals surface area contributed by atoms with E-state index < -0.39 is 0 Å². The Balaban J connectivity index is 1.55. The van der Waals surface area contributed by atoms with E-state index in [4.69, 9.17) is 11.6 Å². The molecule has 1 aromatic heterocycles. The minimum absolute atomic E-state index is 0.0175. The molecule has 2 aromatic carbocycles. The molecule has 0 saturated carbocycles. The molecule has 0 fully saturated rings. The maximum atomic E-state index is 12.3. The number of rotatable bonds is 6. The number of nitrogens with zero attached hydrogens (tertiary/aromatic N) is 2. The number of amides is 1. The summed E-state index contributed by atoms with van der Waals surface area (Å²) in [6, 6.07) is 15.5. The van der Waals surface area contributed by atoms with Gasteiger partial charge in [-0.15, -0.1) is 11.3 Å². The number of fused-ring (bicyclic) bond motifs is 1. The Morgan fingerprint density at radius 2 is 2.08 bits per heavy atom. The first-order valence-corrected chi connectivity index (χ1v) is 9.28. The molecular weight excluding hydrogens is 354 g/mol. The SMILES string of the molecule is C[C@H](NC(=O)CN(C)Cc1nc2ccccc2s1)c1cccc(Cl)c1. The van der Waals surface area contributed by atoms with Crippen LogP contribution in [0.1, 0.15) is 23.5 Å². The zero-order valence-corrected chi connectivity index (χ0v) is 15.8. The van der Waals surface area contributed by atoms with E-state index in [1.54, 1.807) is 11.3 Å². The zero-order chi connectivity index (χ0) is 17.8. The van der Waals surface area contributed by atoms with Crippen molar-refractivity contribution in [3.05, 3.63) is 64.1 Å². The van der Waals surface area contributed by atoms with Gasteiger partial charge in [-0.05, 0) is 43.8 Å². The summed E-state index contributed by atoms with van der Waals surface area (Å²) in [6.07, 6.45) is 0. The van der Waals surface area contributed by atoms with E-state index in [0.29, 0.717) is 18.1 Å². The van der Waals surface area contributed by atoms with E-state index in [1.807, 2.05) is 61.3 Å². The third-order valence-corrected chi connectivity index (χ3v) is 5.14. The molecule has 0 spiro atoms. The summed E-state index contributed by atoms with van der Waals surface area (Å²) in [5, 5.41) is 4.70. The Labute approximate surface area is 156 Å². The van der Waals surface area contributed by atoms with Crippen LogP contribution in [-0.2, 0) is 11.3 Å². The normalized spacial score (nSPS) is 12.5. The number of aromatic nitrogens is 1.